The van der Waals surface area contributed by atoms with E-state index in [1.807, 2.05) is 24.3 Å². The van der Waals surface area contributed by atoms with Crippen LogP contribution in [0.2, 0.25) is 0 Å². The number of hydrogen-bond acceptors (Lipinski definition) is 2. The van der Waals surface area contributed by atoms with Gasteiger partial charge in [-0.15, -0.1) is 0 Å². The minimum Gasteiger partial charge on any atom is -0.322 e. The van der Waals surface area contributed by atoms with Crippen LogP contribution in [0.5, 0.6) is 0 Å². The van der Waals surface area contributed by atoms with Gasteiger partial charge in [0, 0.05) is 30.9 Å². The summed E-state index contributed by atoms with van der Waals surface area (Å²) in [6.45, 7) is 7.93. The predicted molar refractivity (Wildman–Crippen MR) is 98.6 cm³/mol. The molecule has 0 saturated carbocycles. The molecule has 0 aliphatic heterocycles. The van der Waals surface area contributed by atoms with Crippen LogP contribution in [0.15, 0.2) is 48.5 Å². The number of rotatable bonds is 3. The third kappa shape index (κ3) is 4.22. The molecule has 4 nitrogen and oxygen atoms in total. The zero-order chi connectivity index (χ0) is 17.9. The van der Waals surface area contributed by atoms with Crippen LogP contribution in [0.4, 0.5) is 11.4 Å². The maximum atomic E-state index is 12.3. The highest BCUT2D eigenvalue weighted by molar-refractivity contribution is 6.04. The largest absolute Gasteiger partial charge is 0.322 e. The van der Waals surface area contributed by atoms with E-state index in [0.29, 0.717) is 11.3 Å². The molecule has 1 N–H and O–H groups in total. The Morgan fingerprint density at radius 2 is 1.46 bits per heavy atom. The summed E-state index contributed by atoms with van der Waals surface area (Å²) in [4.78, 5) is 25.2. The van der Waals surface area contributed by atoms with E-state index in [2.05, 4.69) is 26.1 Å². The summed E-state index contributed by atoms with van der Waals surface area (Å²) in [5.74, 6) is -0.186. The van der Waals surface area contributed by atoms with Crippen LogP contribution in [0, 0.1) is 0 Å². The number of anilines is 2. The first-order valence-corrected chi connectivity index (χ1v) is 7.95. The zero-order valence-electron chi connectivity index (χ0n) is 14.9. The van der Waals surface area contributed by atoms with Gasteiger partial charge in [-0.1, -0.05) is 32.9 Å². The van der Waals surface area contributed by atoms with Crippen LogP contribution in [0.1, 0.15) is 43.6 Å². The van der Waals surface area contributed by atoms with Crippen molar-refractivity contribution in [1.29, 1.82) is 0 Å². The summed E-state index contributed by atoms with van der Waals surface area (Å²) >= 11 is 0. The Hall–Kier alpha value is -2.62. The molecule has 0 bridgehead atoms. The molecule has 0 saturated heterocycles. The highest BCUT2D eigenvalue weighted by Gasteiger charge is 2.14. The third-order valence-electron chi connectivity index (χ3n) is 4.00. The maximum absolute atomic E-state index is 12.3. The highest BCUT2D eigenvalue weighted by atomic mass is 16.2. The van der Waals surface area contributed by atoms with Gasteiger partial charge in [-0.25, -0.2) is 0 Å². The summed E-state index contributed by atoms with van der Waals surface area (Å²) in [6.07, 6.45) is 0. The van der Waals surface area contributed by atoms with Gasteiger partial charge in [-0.05, 0) is 47.4 Å². The Kier molecular flexibility index (Phi) is 5.07. The fraction of sp³-hybridized carbons (Fsp3) is 0.300. The van der Waals surface area contributed by atoms with Crippen molar-refractivity contribution in [2.24, 2.45) is 0 Å². The van der Waals surface area contributed by atoms with Crippen LogP contribution in [0.3, 0.4) is 0 Å². The van der Waals surface area contributed by atoms with Crippen molar-refractivity contribution in [3.05, 3.63) is 59.7 Å². The second kappa shape index (κ2) is 6.87. The molecule has 2 aromatic carbocycles. The lowest BCUT2D eigenvalue weighted by Gasteiger charge is -2.19. The average Bonchev–Trinajstić information content (AvgIpc) is 2.54. The van der Waals surface area contributed by atoms with E-state index >= 15 is 0 Å². The molecule has 0 aromatic heterocycles. The minimum absolute atomic E-state index is 0.0364. The van der Waals surface area contributed by atoms with Crippen molar-refractivity contribution in [2.45, 2.75) is 33.1 Å². The molecule has 0 aliphatic rings. The summed E-state index contributed by atoms with van der Waals surface area (Å²) in [7, 11) is 1.71. The molecule has 24 heavy (non-hydrogen) atoms. The van der Waals surface area contributed by atoms with Crippen molar-refractivity contribution in [3.63, 3.8) is 0 Å². The number of nitrogens with zero attached hydrogens (tertiary/aromatic N) is 1. The Bertz CT molecular complexity index is 726. The maximum Gasteiger partial charge on any atom is 0.255 e. The number of benzene rings is 2. The van der Waals surface area contributed by atoms with Gasteiger partial charge in [-0.2, -0.15) is 0 Å². The third-order valence-corrected chi connectivity index (χ3v) is 4.00. The Balaban J connectivity index is 2.08. The van der Waals surface area contributed by atoms with Crippen molar-refractivity contribution < 1.29 is 9.59 Å². The average molecular weight is 324 g/mol. The van der Waals surface area contributed by atoms with Gasteiger partial charge in [0.1, 0.15) is 0 Å². The molecule has 2 aromatic rings. The van der Waals surface area contributed by atoms with Crippen molar-refractivity contribution >= 4 is 23.2 Å². The first kappa shape index (κ1) is 17.7. The van der Waals surface area contributed by atoms with Crippen LogP contribution in [-0.2, 0) is 10.2 Å². The van der Waals surface area contributed by atoms with Crippen LogP contribution in [-0.4, -0.2) is 18.9 Å². The van der Waals surface area contributed by atoms with E-state index in [0.717, 1.165) is 5.69 Å². The molecular weight excluding hydrogens is 300 g/mol. The van der Waals surface area contributed by atoms with Crippen molar-refractivity contribution in [1.82, 2.24) is 0 Å². The molecule has 0 unspecified atom stereocenters. The highest BCUT2D eigenvalue weighted by Crippen LogP contribution is 2.23. The molecular formula is C20H24N2O2. The summed E-state index contributed by atoms with van der Waals surface area (Å²) < 4.78 is 0. The number of carbonyl (C=O) groups is 2. The Labute approximate surface area is 143 Å². The molecule has 0 fully saturated rings. The molecule has 2 amide bonds. The minimum atomic E-state index is -0.150. The Morgan fingerprint density at radius 3 is 1.92 bits per heavy atom. The van der Waals surface area contributed by atoms with Crippen LogP contribution >= 0.6 is 0 Å². The van der Waals surface area contributed by atoms with E-state index in [-0.39, 0.29) is 17.2 Å². The van der Waals surface area contributed by atoms with Gasteiger partial charge < -0.3 is 10.2 Å². The summed E-state index contributed by atoms with van der Waals surface area (Å²) in [6, 6.07) is 14.8. The monoisotopic (exact) mass is 324 g/mol. The van der Waals surface area contributed by atoms with Gasteiger partial charge in [-0.3, -0.25) is 9.59 Å². The molecule has 0 atom stereocenters. The first-order chi connectivity index (χ1) is 11.2. The predicted octanol–water partition coefficient (Wildman–Crippen LogP) is 4.22. The second-order valence-corrected chi connectivity index (χ2v) is 6.91. The summed E-state index contributed by atoms with van der Waals surface area (Å²) in [5, 5.41) is 2.87. The van der Waals surface area contributed by atoms with Gasteiger partial charge >= 0.3 is 0 Å². The van der Waals surface area contributed by atoms with E-state index in [1.165, 1.54) is 12.5 Å². The zero-order valence-corrected chi connectivity index (χ0v) is 14.9. The van der Waals surface area contributed by atoms with Gasteiger partial charge in [0.2, 0.25) is 5.91 Å². The normalized spacial score (nSPS) is 11.0. The number of amides is 2. The van der Waals surface area contributed by atoms with Gasteiger partial charge in [0.15, 0.2) is 0 Å². The lowest BCUT2D eigenvalue weighted by Crippen LogP contribution is -2.22. The first-order valence-electron chi connectivity index (χ1n) is 7.95. The summed E-state index contributed by atoms with van der Waals surface area (Å²) in [5.41, 5.74) is 3.35. The molecule has 0 radical (unpaired) electrons. The van der Waals surface area contributed by atoms with E-state index in [1.54, 1.807) is 36.2 Å². The fourth-order valence-electron chi connectivity index (χ4n) is 2.28. The van der Waals surface area contributed by atoms with Crippen LogP contribution < -0.4 is 10.2 Å². The van der Waals surface area contributed by atoms with Crippen molar-refractivity contribution in [3.8, 4) is 0 Å². The number of nitrogens with one attached hydrogen (secondary N) is 1. The second-order valence-electron chi connectivity index (χ2n) is 6.91. The smallest absolute Gasteiger partial charge is 0.255 e. The number of carbonyl (C=O) groups excluding carboxylic acids is 2. The van der Waals surface area contributed by atoms with Gasteiger partial charge in [0.25, 0.3) is 5.91 Å². The molecule has 0 aliphatic carbocycles. The topological polar surface area (TPSA) is 49.4 Å². The lowest BCUT2D eigenvalue weighted by atomic mass is 9.87. The van der Waals surface area contributed by atoms with Gasteiger partial charge in [0.05, 0.1) is 0 Å². The van der Waals surface area contributed by atoms with E-state index in [4.69, 9.17) is 0 Å². The lowest BCUT2D eigenvalue weighted by molar-refractivity contribution is -0.116. The number of hydrogen-bond donors (Lipinski definition) is 1. The Morgan fingerprint density at radius 1 is 0.917 bits per heavy atom. The molecule has 4 heteroatoms. The fourth-order valence-corrected chi connectivity index (χ4v) is 2.28. The molecule has 0 heterocycles. The molecule has 126 valence electrons. The van der Waals surface area contributed by atoms with Crippen LogP contribution in [0.25, 0.3) is 0 Å². The standard InChI is InChI=1S/C20H24N2O2/c1-14(23)22(5)18-12-10-17(11-13-18)21-19(24)15-6-8-16(9-7-15)20(2,3)4/h6-13H,1-5H3,(H,21,24). The molecule has 0 spiro atoms. The SMILES string of the molecule is CC(=O)N(C)c1ccc(NC(=O)c2ccc(C(C)(C)C)cc2)cc1. The quantitative estimate of drug-likeness (QED) is 0.919. The van der Waals surface area contributed by atoms with E-state index < -0.39 is 0 Å². The van der Waals surface area contributed by atoms with Crippen molar-refractivity contribution in [2.75, 3.05) is 17.3 Å². The van der Waals surface area contributed by atoms with E-state index in [9.17, 15) is 9.59 Å². The molecule has 2 rings (SSSR count).